The highest BCUT2D eigenvalue weighted by molar-refractivity contribution is 6.07. The Morgan fingerprint density at radius 3 is 2.65 bits per heavy atom. The Bertz CT molecular complexity index is 761. The normalized spacial score (nSPS) is 10.4. The first kappa shape index (κ1) is 19.6. The van der Waals surface area contributed by atoms with Crippen molar-refractivity contribution >= 4 is 17.5 Å². The summed E-state index contributed by atoms with van der Waals surface area (Å²) in [7, 11) is 1.62. The van der Waals surface area contributed by atoms with Crippen LogP contribution in [0.1, 0.15) is 39.6 Å². The Morgan fingerprint density at radius 1 is 1.19 bits per heavy atom. The number of ether oxygens (including phenoxy) is 1. The number of carbonyl (C=O) groups is 2. The molecule has 1 aromatic carbocycles. The maximum absolute atomic E-state index is 12.9. The Labute approximate surface area is 154 Å². The molecule has 0 bridgehead atoms. The van der Waals surface area contributed by atoms with E-state index in [1.807, 2.05) is 38.1 Å². The summed E-state index contributed by atoms with van der Waals surface area (Å²) in [4.78, 5) is 30.9. The van der Waals surface area contributed by atoms with E-state index in [0.29, 0.717) is 30.8 Å². The van der Waals surface area contributed by atoms with Gasteiger partial charge >= 0.3 is 0 Å². The number of aryl methyl sites for hydroxylation is 1. The first-order valence-corrected chi connectivity index (χ1v) is 8.67. The summed E-state index contributed by atoms with van der Waals surface area (Å²) >= 11 is 0. The second-order valence-electron chi connectivity index (χ2n) is 5.95. The van der Waals surface area contributed by atoms with Crippen LogP contribution in [0.2, 0.25) is 0 Å². The molecular weight excluding hydrogens is 330 g/mol. The van der Waals surface area contributed by atoms with Crippen molar-refractivity contribution in [3.63, 3.8) is 0 Å². The molecule has 0 atom stereocenters. The SMILES string of the molecule is CCN(C(=O)c1cncc(C(=O)NCCCOC)c1)c1cccc(C)c1. The predicted octanol–water partition coefficient (Wildman–Crippen LogP) is 2.82. The van der Waals surface area contributed by atoms with Gasteiger partial charge in [-0.05, 0) is 44.0 Å². The van der Waals surface area contributed by atoms with E-state index < -0.39 is 0 Å². The van der Waals surface area contributed by atoms with Gasteiger partial charge in [0.1, 0.15) is 0 Å². The zero-order valence-corrected chi connectivity index (χ0v) is 15.5. The number of benzene rings is 1. The van der Waals surface area contributed by atoms with Gasteiger partial charge < -0.3 is 15.0 Å². The Balaban J connectivity index is 2.14. The van der Waals surface area contributed by atoms with Crippen LogP contribution >= 0.6 is 0 Å². The molecule has 26 heavy (non-hydrogen) atoms. The van der Waals surface area contributed by atoms with Crippen molar-refractivity contribution < 1.29 is 14.3 Å². The molecule has 0 radical (unpaired) electrons. The summed E-state index contributed by atoms with van der Waals surface area (Å²) in [6, 6.07) is 9.34. The summed E-state index contributed by atoms with van der Waals surface area (Å²) in [6.45, 7) is 5.52. The molecule has 0 aliphatic heterocycles. The molecule has 1 aromatic heterocycles. The number of hydrogen-bond donors (Lipinski definition) is 1. The van der Waals surface area contributed by atoms with Crippen molar-refractivity contribution in [3.05, 3.63) is 59.4 Å². The standard InChI is InChI=1S/C20H25N3O3/c1-4-23(18-8-5-7-15(2)11-18)20(25)17-12-16(13-21-14-17)19(24)22-9-6-10-26-3/h5,7-8,11-14H,4,6,9-10H2,1-3H3,(H,22,24). The first-order chi connectivity index (χ1) is 12.6. The van der Waals surface area contributed by atoms with E-state index >= 15 is 0 Å². The van der Waals surface area contributed by atoms with Gasteiger partial charge in [-0.2, -0.15) is 0 Å². The number of nitrogens with one attached hydrogen (secondary N) is 1. The Morgan fingerprint density at radius 2 is 1.96 bits per heavy atom. The van der Waals surface area contributed by atoms with Crippen LogP contribution in [0.15, 0.2) is 42.7 Å². The average Bonchev–Trinajstić information content (AvgIpc) is 2.66. The smallest absolute Gasteiger partial charge is 0.259 e. The summed E-state index contributed by atoms with van der Waals surface area (Å²) in [5.74, 6) is -0.429. The van der Waals surface area contributed by atoms with Gasteiger partial charge in [0.25, 0.3) is 11.8 Å². The van der Waals surface area contributed by atoms with Crippen LogP contribution in [-0.4, -0.2) is 43.6 Å². The number of anilines is 1. The van der Waals surface area contributed by atoms with Crippen LogP contribution in [0.4, 0.5) is 5.69 Å². The van der Waals surface area contributed by atoms with Crippen molar-refractivity contribution in [2.75, 3.05) is 31.7 Å². The summed E-state index contributed by atoms with van der Waals surface area (Å²) < 4.78 is 4.96. The summed E-state index contributed by atoms with van der Waals surface area (Å²) in [5.41, 5.74) is 2.66. The molecule has 0 fully saturated rings. The van der Waals surface area contributed by atoms with Crippen molar-refractivity contribution in [2.24, 2.45) is 0 Å². The van der Waals surface area contributed by atoms with E-state index in [1.54, 1.807) is 18.1 Å². The van der Waals surface area contributed by atoms with Crippen molar-refractivity contribution in [1.29, 1.82) is 0 Å². The first-order valence-electron chi connectivity index (χ1n) is 8.67. The van der Waals surface area contributed by atoms with Gasteiger partial charge in [0.05, 0.1) is 11.1 Å². The van der Waals surface area contributed by atoms with Gasteiger partial charge in [-0.15, -0.1) is 0 Å². The average molecular weight is 355 g/mol. The third-order valence-electron chi connectivity index (χ3n) is 3.93. The summed E-state index contributed by atoms with van der Waals surface area (Å²) in [5, 5.41) is 2.80. The Hall–Kier alpha value is -2.73. The highest BCUT2D eigenvalue weighted by Crippen LogP contribution is 2.18. The molecule has 2 rings (SSSR count). The fraction of sp³-hybridized carbons (Fsp3) is 0.350. The van der Waals surface area contributed by atoms with E-state index in [-0.39, 0.29) is 11.8 Å². The van der Waals surface area contributed by atoms with E-state index in [4.69, 9.17) is 4.74 Å². The second-order valence-corrected chi connectivity index (χ2v) is 5.95. The molecular formula is C20H25N3O3. The lowest BCUT2D eigenvalue weighted by atomic mass is 10.1. The van der Waals surface area contributed by atoms with Gasteiger partial charge in [0.15, 0.2) is 0 Å². The van der Waals surface area contributed by atoms with Crippen molar-refractivity contribution in [3.8, 4) is 0 Å². The maximum atomic E-state index is 12.9. The molecule has 0 aliphatic rings. The van der Waals surface area contributed by atoms with E-state index in [0.717, 1.165) is 17.7 Å². The fourth-order valence-electron chi connectivity index (χ4n) is 2.60. The number of rotatable bonds is 8. The van der Waals surface area contributed by atoms with Crippen LogP contribution in [0.3, 0.4) is 0 Å². The van der Waals surface area contributed by atoms with Crippen molar-refractivity contribution in [2.45, 2.75) is 20.3 Å². The van der Waals surface area contributed by atoms with Gasteiger partial charge in [-0.25, -0.2) is 0 Å². The van der Waals surface area contributed by atoms with Crippen LogP contribution in [0.5, 0.6) is 0 Å². The van der Waals surface area contributed by atoms with E-state index in [1.165, 1.54) is 12.4 Å². The van der Waals surface area contributed by atoms with Crippen LogP contribution in [0.25, 0.3) is 0 Å². The number of nitrogens with zero attached hydrogens (tertiary/aromatic N) is 2. The van der Waals surface area contributed by atoms with Crippen LogP contribution < -0.4 is 10.2 Å². The molecule has 138 valence electrons. The lowest BCUT2D eigenvalue weighted by Crippen LogP contribution is -2.31. The van der Waals surface area contributed by atoms with Gasteiger partial charge in [0, 0.05) is 44.9 Å². The predicted molar refractivity (Wildman–Crippen MR) is 102 cm³/mol. The minimum Gasteiger partial charge on any atom is -0.385 e. The highest BCUT2D eigenvalue weighted by atomic mass is 16.5. The molecule has 0 aliphatic carbocycles. The van der Waals surface area contributed by atoms with Crippen LogP contribution in [0, 0.1) is 6.92 Å². The minimum atomic E-state index is -0.248. The van der Waals surface area contributed by atoms with Crippen LogP contribution in [-0.2, 0) is 4.74 Å². The third-order valence-corrected chi connectivity index (χ3v) is 3.93. The monoisotopic (exact) mass is 355 g/mol. The highest BCUT2D eigenvalue weighted by Gasteiger charge is 2.18. The molecule has 1 heterocycles. The molecule has 6 nitrogen and oxygen atoms in total. The van der Waals surface area contributed by atoms with Gasteiger partial charge in [-0.1, -0.05) is 12.1 Å². The maximum Gasteiger partial charge on any atom is 0.259 e. The lowest BCUT2D eigenvalue weighted by molar-refractivity contribution is 0.0948. The van der Waals surface area contributed by atoms with E-state index in [2.05, 4.69) is 10.3 Å². The molecule has 1 N–H and O–H groups in total. The quantitative estimate of drug-likeness (QED) is 0.739. The number of carbonyl (C=O) groups excluding carboxylic acids is 2. The molecule has 2 amide bonds. The second kappa shape index (κ2) is 9.68. The third kappa shape index (κ3) is 5.13. The topological polar surface area (TPSA) is 71.5 Å². The zero-order valence-electron chi connectivity index (χ0n) is 15.5. The molecule has 0 unspecified atom stereocenters. The van der Waals surface area contributed by atoms with Gasteiger partial charge in [0.2, 0.25) is 0 Å². The molecule has 0 saturated carbocycles. The van der Waals surface area contributed by atoms with E-state index in [9.17, 15) is 9.59 Å². The number of amides is 2. The molecule has 2 aromatic rings. The molecule has 6 heteroatoms. The number of pyridine rings is 1. The molecule has 0 spiro atoms. The largest absolute Gasteiger partial charge is 0.385 e. The number of hydrogen-bond acceptors (Lipinski definition) is 4. The molecule has 0 saturated heterocycles. The number of methoxy groups -OCH3 is 1. The lowest BCUT2D eigenvalue weighted by Gasteiger charge is -2.21. The summed E-state index contributed by atoms with van der Waals surface area (Å²) in [6.07, 6.45) is 3.68. The van der Waals surface area contributed by atoms with Gasteiger partial charge in [-0.3, -0.25) is 14.6 Å². The number of aromatic nitrogens is 1. The van der Waals surface area contributed by atoms with Crippen molar-refractivity contribution in [1.82, 2.24) is 10.3 Å². The zero-order chi connectivity index (χ0) is 18.9. The fourth-order valence-corrected chi connectivity index (χ4v) is 2.60. The Kier molecular flexibility index (Phi) is 7.29. The minimum absolute atomic E-state index is 0.181.